The molecule has 96 valence electrons. The van der Waals surface area contributed by atoms with Gasteiger partial charge in [0, 0.05) is 26.0 Å². The number of aromatic nitrogens is 1. The molecule has 0 atom stereocenters. The first-order chi connectivity index (χ1) is 8.06. The molecule has 17 heavy (non-hydrogen) atoms. The van der Waals surface area contributed by atoms with E-state index in [-0.39, 0.29) is 0 Å². The Morgan fingerprint density at radius 1 is 1.35 bits per heavy atom. The van der Waals surface area contributed by atoms with E-state index in [2.05, 4.69) is 15.0 Å². The van der Waals surface area contributed by atoms with E-state index >= 15 is 0 Å². The minimum Gasteiger partial charge on any atom is -0.320 e. The molecule has 2 N–H and O–H groups in total. The van der Waals surface area contributed by atoms with Crippen LogP contribution in [0.3, 0.4) is 0 Å². The van der Waals surface area contributed by atoms with Gasteiger partial charge >= 0.3 is 10.2 Å². The Hall–Kier alpha value is -1.18. The van der Waals surface area contributed by atoms with Crippen LogP contribution in [0.25, 0.3) is 0 Å². The van der Waals surface area contributed by atoms with Crippen LogP contribution in [0.4, 0.5) is 5.69 Å². The molecule has 0 radical (unpaired) electrons. The summed E-state index contributed by atoms with van der Waals surface area (Å²) in [7, 11) is -0.0743. The number of hydrogen-bond acceptors (Lipinski definition) is 4. The number of rotatable bonds is 7. The summed E-state index contributed by atoms with van der Waals surface area (Å²) in [5, 5.41) is 2.97. The van der Waals surface area contributed by atoms with Crippen molar-refractivity contribution in [2.75, 3.05) is 31.9 Å². The molecule has 1 heterocycles. The minimum atomic E-state index is -3.47. The Bertz CT molecular complexity index is 421. The summed E-state index contributed by atoms with van der Waals surface area (Å²) >= 11 is 0. The Morgan fingerprint density at radius 2 is 2.00 bits per heavy atom. The summed E-state index contributed by atoms with van der Waals surface area (Å²) in [5.41, 5.74) is 0.514. The van der Waals surface area contributed by atoms with E-state index in [0.717, 1.165) is 13.0 Å². The molecular weight excluding hydrogens is 240 g/mol. The molecule has 0 aliphatic heterocycles. The van der Waals surface area contributed by atoms with Crippen molar-refractivity contribution >= 4 is 15.9 Å². The zero-order chi connectivity index (χ0) is 12.7. The average molecular weight is 258 g/mol. The summed E-state index contributed by atoms with van der Waals surface area (Å²) in [5.74, 6) is 0. The van der Waals surface area contributed by atoms with Crippen LogP contribution in [0.5, 0.6) is 0 Å². The zero-order valence-electron chi connectivity index (χ0n) is 10.0. The Balaban J connectivity index is 2.56. The molecule has 0 unspecified atom stereocenters. The maximum absolute atomic E-state index is 11.9. The number of nitrogens with one attached hydrogen (secondary N) is 2. The predicted molar refractivity (Wildman–Crippen MR) is 68.0 cm³/mol. The number of pyridine rings is 1. The van der Waals surface area contributed by atoms with Crippen LogP contribution in [-0.4, -0.2) is 44.9 Å². The highest BCUT2D eigenvalue weighted by Gasteiger charge is 2.16. The molecule has 0 aliphatic rings. The van der Waals surface area contributed by atoms with Gasteiger partial charge in [0.05, 0.1) is 5.69 Å². The van der Waals surface area contributed by atoms with Crippen LogP contribution in [0.1, 0.15) is 6.42 Å². The van der Waals surface area contributed by atoms with Crippen molar-refractivity contribution in [2.24, 2.45) is 0 Å². The van der Waals surface area contributed by atoms with Crippen molar-refractivity contribution in [1.82, 2.24) is 14.6 Å². The molecule has 7 heteroatoms. The van der Waals surface area contributed by atoms with E-state index in [0.29, 0.717) is 12.2 Å². The van der Waals surface area contributed by atoms with Crippen LogP contribution in [0, 0.1) is 0 Å². The van der Waals surface area contributed by atoms with Gasteiger partial charge < -0.3 is 5.32 Å². The first kappa shape index (κ1) is 13.9. The van der Waals surface area contributed by atoms with E-state index in [9.17, 15) is 8.42 Å². The van der Waals surface area contributed by atoms with Gasteiger partial charge in [0.1, 0.15) is 0 Å². The highest BCUT2D eigenvalue weighted by atomic mass is 32.2. The van der Waals surface area contributed by atoms with Crippen molar-refractivity contribution in [2.45, 2.75) is 6.42 Å². The summed E-state index contributed by atoms with van der Waals surface area (Å²) < 4.78 is 27.5. The maximum atomic E-state index is 11.9. The van der Waals surface area contributed by atoms with Gasteiger partial charge in [-0.3, -0.25) is 9.71 Å². The van der Waals surface area contributed by atoms with E-state index < -0.39 is 10.2 Å². The Kier molecular flexibility index (Phi) is 5.33. The topological polar surface area (TPSA) is 74.3 Å². The monoisotopic (exact) mass is 258 g/mol. The van der Waals surface area contributed by atoms with Crippen LogP contribution in [0.15, 0.2) is 24.5 Å². The van der Waals surface area contributed by atoms with Gasteiger partial charge in [0.15, 0.2) is 0 Å². The smallest absolute Gasteiger partial charge is 0.301 e. The van der Waals surface area contributed by atoms with Crippen molar-refractivity contribution < 1.29 is 8.42 Å². The molecule has 1 aromatic rings. The highest BCUT2D eigenvalue weighted by Crippen LogP contribution is 2.08. The quantitative estimate of drug-likeness (QED) is 0.689. The van der Waals surface area contributed by atoms with E-state index in [1.54, 1.807) is 31.6 Å². The molecule has 0 saturated carbocycles. The Morgan fingerprint density at radius 3 is 2.59 bits per heavy atom. The standard InChI is InChI=1S/C10H18N4O2S/c1-11-6-3-9-14(2)17(15,16)13-10-4-7-12-8-5-10/h4-5,7-8,11H,3,6,9H2,1-2H3,(H,12,13). The first-order valence-corrected chi connectivity index (χ1v) is 6.79. The zero-order valence-corrected chi connectivity index (χ0v) is 10.9. The molecular formula is C10H18N4O2S. The van der Waals surface area contributed by atoms with Crippen LogP contribution in [0.2, 0.25) is 0 Å². The maximum Gasteiger partial charge on any atom is 0.301 e. The number of hydrogen-bond donors (Lipinski definition) is 2. The number of nitrogens with zero attached hydrogens (tertiary/aromatic N) is 2. The molecule has 0 saturated heterocycles. The molecule has 1 aromatic heterocycles. The summed E-state index contributed by atoms with van der Waals surface area (Å²) in [6.07, 6.45) is 3.85. The third-order valence-electron chi connectivity index (χ3n) is 2.24. The second-order valence-electron chi connectivity index (χ2n) is 3.62. The van der Waals surface area contributed by atoms with Gasteiger partial charge in [0.2, 0.25) is 0 Å². The minimum absolute atomic E-state index is 0.473. The fourth-order valence-electron chi connectivity index (χ4n) is 1.25. The van der Waals surface area contributed by atoms with E-state index in [4.69, 9.17) is 0 Å². The fraction of sp³-hybridized carbons (Fsp3) is 0.500. The van der Waals surface area contributed by atoms with E-state index in [1.165, 1.54) is 4.31 Å². The molecule has 0 spiro atoms. The third-order valence-corrected chi connectivity index (χ3v) is 3.73. The largest absolute Gasteiger partial charge is 0.320 e. The van der Waals surface area contributed by atoms with Gasteiger partial charge in [-0.15, -0.1) is 0 Å². The summed E-state index contributed by atoms with van der Waals surface area (Å²) in [4.78, 5) is 3.82. The second kappa shape index (κ2) is 6.53. The molecule has 0 bridgehead atoms. The van der Waals surface area contributed by atoms with Crippen LogP contribution < -0.4 is 10.0 Å². The lowest BCUT2D eigenvalue weighted by Crippen LogP contribution is -2.34. The molecule has 0 aromatic carbocycles. The third kappa shape index (κ3) is 4.68. The molecule has 0 aliphatic carbocycles. The SMILES string of the molecule is CNCCCN(C)S(=O)(=O)Nc1ccncc1. The molecule has 6 nitrogen and oxygen atoms in total. The predicted octanol–water partition coefficient (Wildman–Crippen LogP) is 0.280. The van der Waals surface area contributed by atoms with Crippen molar-refractivity contribution in [3.63, 3.8) is 0 Å². The second-order valence-corrected chi connectivity index (χ2v) is 5.40. The normalized spacial score (nSPS) is 11.7. The summed E-state index contributed by atoms with van der Waals surface area (Å²) in [6, 6.07) is 3.22. The highest BCUT2D eigenvalue weighted by molar-refractivity contribution is 7.90. The van der Waals surface area contributed by atoms with Crippen LogP contribution >= 0.6 is 0 Å². The van der Waals surface area contributed by atoms with Gasteiger partial charge in [-0.1, -0.05) is 0 Å². The van der Waals surface area contributed by atoms with Crippen molar-refractivity contribution in [1.29, 1.82) is 0 Å². The van der Waals surface area contributed by atoms with Crippen molar-refractivity contribution in [3.8, 4) is 0 Å². The summed E-state index contributed by atoms with van der Waals surface area (Å²) in [6.45, 7) is 1.26. The molecule has 1 rings (SSSR count). The van der Waals surface area contributed by atoms with Gasteiger partial charge in [-0.05, 0) is 32.1 Å². The van der Waals surface area contributed by atoms with E-state index in [1.807, 2.05) is 7.05 Å². The van der Waals surface area contributed by atoms with Gasteiger partial charge in [0.25, 0.3) is 0 Å². The Labute approximate surface area is 102 Å². The lowest BCUT2D eigenvalue weighted by molar-refractivity contribution is 0.462. The lowest BCUT2D eigenvalue weighted by atomic mass is 10.4. The fourth-order valence-corrected chi connectivity index (χ4v) is 2.20. The molecule has 0 amide bonds. The van der Waals surface area contributed by atoms with Crippen molar-refractivity contribution in [3.05, 3.63) is 24.5 Å². The van der Waals surface area contributed by atoms with Gasteiger partial charge in [-0.25, -0.2) is 0 Å². The van der Waals surface area contributed by atoms with Crippen LogP contribution in [-0.2, 0) is 10.2 Å². The van der Waals surface area contributed by atoms with Gasteiger partial charge in [-0.2, -0.15) is 12.7 Å². The first-order valence-electron chi connectivity index (χ1n) is 5.35. The lowest BCUT2D eigenvalue weighted by Gasteiger charge is -2.18. The molecule has 0 fully saturated rings. The number of anilines is 1. The average Bonchev–Trinajstić information content (AvgIpc) is 2.30.